The number of hydrogen-bond donors (Lipinski definition) is 1. The van der Waals surface area contributed by atoms with E-state index in [0.717, 1.165) is 31.2 Å². The first kappa shape index (κ1) is 26.9. The molecule has 1 saturated heterocycles. The highest BCUT2D eigenvalue weighted by Gasteiger charge is 2.47. The van der Waals surface area contributed by atoms with Crippen LogP contribution in [0, 0.1) is 11.8 Å². The number of carbonyl (C=O) groups excluding carboxylic acids is 4. The molecule has 8 heteroatoms. The zero-order valence-corrected chi connectivity index (χ0v) is 22.0. The van der Waals surface area contributed by atoms with Gasteiger partial charge in [-0.3, -0.25) is 24.1 Å². The number of nitrogens with one attached hydrogen (secondary N) is 1. The monoisotopic (exact) mass is 509 g/mol. The van der Waals surface area contributed by atoms with Crippen LogP contribution in [-0.4, -0.2) is 59.2 Å². The smallest absolute Gasteiger partial charge is 0.243 e. The van der Waals surface area contributed by atoms with Gasteiger partial charge >= 0.3 is 0 Å². The van der Waals surface area contributed by atoms with Crippen molar-refractivity contribution in [2.75, 3.05) is 13.7 Å². The lowest BCUT2D eigenvalue weighted by atomic mass is 9.85. The van der Waals surface area contributed by atoms with Crippen molar-refractivity contribution < 1.29 is 23.9 Å². The number of fused-ring (bicyclic) bond motifs is 1. The maximum Gasteiger partial charge on any atom is 0.243 e. The van der Waals surface area contributed by atoms with E-state index in [-0.39, 0.29) is 61.0 Å². The number of likely N-dealkylation sites (tertiary alicyclic amines) is 1. The molecule has 4 amide bonds. The lowest BCUT2D eigenvalue weighted by Crippen LogP contribution is -2.52. The highest BCUT2D eigenvalue weighted by atomic mass is 16.5. The van der Waals surface area contributed by atoms with Gasteiger partial charge < -0.3 is 15.0 Å². The molecule has 1 aromatic carbocycles. The fraction of sp³-hybridized carbons (Fsp3) is 0.586. The van der Waals surface area contributed by atoms with Crippen LogP contribution in [-0.2, 0) is 25.7 Å². The Balaban J connectivity index is 1.48. The van der Waals surface area contributed by atoms with Crippen molar-refractivity contribution in [3.63, 3.8) is 0 Å². The van der Waals surface area contributed by atoms with Crippen molar-refractivity contribution in [3.05, 3.63) is 42.0 Å². The summed E-state index contributed by atoms with van der Waals surface area (Å²) in [5, 5.41) is 3.18. The van der Waals surface area contributed by atoms with Crippen LogP contribution in [0.15, 0.2) is 36.4 Å². The Labute approximate surface area is 219 Å². The Hall–Kier alpha value is -3.16. The zero-order valence-electron chi connectivity index (χ0n) is 22.0. The second-order valence-corrected chi connectivity index (χ2v) is 10.4. The molecule has 1 heterocycles. The number of methoxy groups -OCH3 is 1. The van der Waals surface area contributed by atoms with Gasteiger partial charge in [0, 0.05) is 25.6 Å². The molecular weight excluding hydrogens is 470 g/mol. The van der Waals surface area contributed by atoms with E-state index in [0.29, 0.717) is 25.0 Å². The zero-order chi connectivity index (χ0) is 26.4. The van der Waals surface area contributed by atoms with Crippen molar-refractivity contribution in [2.24, 2.45) is 11.8 Å². The van der Waals surface area contributed by atoms with Gasteiger partial charge in [0.25, 0.3) is 0 Å². The number of carbonyl (C=O) groups is 4. The quantitative estimate of drug-likeness (QED) is 0.384. The molecule has 37 heavy (non-hydrogen) atoms. The molecule has 2 fully saturated rings. The van der Waals surface area contributed by atoms with Crippen LogP contribution in [0.3, 0.4) is 0 Å². The highest BCUT2D eigenvalue weighted by molar-refractivity contribution is 6.05. The Morgan fingerprint density at radius 1 is 1.03 bits per heavy atom. The van der Waals surface area contributed by atoms with Gasteiger partial charge in [0.1, 0.15) is 11.8 Å². The molecule has 1 saturated carbocycles. The largest absolute Gasteiger partial charge is 0.497 e. The van der Waals surface area contributed by atoms with Crippen molar-refractivity contribution in [2.45, 2.75) is 83.3 Å². The summed E-state index contributed by atoms with van der Waals surface area (Å²) in [5.74, 6) is -0.658. The summed E-state index contributed by atoms with van der Waals surface area (Å²) in [6, 6.07) is 6.95. The minimum Gasteiger partial charge on any atom is -0.497 e. The van der Waals surface area contributed by atoms with E-state index < -0.39 is 6.04 Å². The van der Waals surface area contributed by atoms with Crippen LogP contribution in [0.25, 0.3) is 0 Å². The molecule has 4 rings (SSSR count). The Kier molecular flexibility index (Phi) is 9.00. The van der Waals surface area contributed by atoms with E-state index in [9.17, 15) is 19.2 Å². The van der Waals surface area contributed by atoms with Crippen molar-refractivity contribution in [1.29, 1.82) is 0 Å². The molecular formula is C29H39N3O5. The second kappa shape index (κ2) is 12.4. The maximum absolute atomic E-state index is 13.6. The number of allylic oxidation sites excluding steroid dienone is 2. The van der Waals surface area contributed by atoms with Crippen molar-refractivity contribution in [3.8, 4) is 5.75 Å². The molecule has 0 radical (unpaired) electrons. The molecule has 1 aliphatic heterocycles. The van der Waals surface area contributed by atoms with Gasteiger partial charge in [0.15, 0.2) is 0 Å². The van der Waals surface area contributed by atoms with Gasteiger partial charge in [0.05, 0.1) is 18.9 Å². The van der Waals surface area contributed by atoms with Gasteiger partial charge in [-0.15, -0.1) is 0 Å². The summed E-state index contributed by atoms with van der Waals surface area (Å²) in [5.41, 5.74) is 0.878. The van der Waals surface area contributed by atoms with E-state index in [1.807, 2.05) is 43.3 Å². The molecule has 1 aromatic rings. The number of nitrogens with zero attached hydrogens (tertiary/aromatic N) is 2. The van der Waals surface area contributed by atoms with Gasteiger partial charge in [-0.2, -0.15) is 0 Å². The molecule has 0 unspecified atom stereocenters. The van der Waals surface area contributed by atoms with Crippen LogP contribution >= 0.6 is 0 Å². The van der Waals surface area contributed by atoms with E-state index in [1.54, 1.807) is 12.0 Å². The summed E-state index contributed by atoms with van der Waals surface area (Å²) < 4.78 is 5.25. The fourth-order valence-corrected chi connectivity index (χ4v) is 5.83. The van der Waals surface area contributed by atoms with Crippen LogP contribution in [0.4, 0.5) is 0 Å². The summed E-state index contributed by atoms with van der Waals surface area (Å²) in [4.78, 5) is 55.6. The number of hydrogen-bond acceptors (Lipinski definition) is 5. The first-order valence-corrected chi connectivity index (χ1v) is 13.7. The number of benzene rings is 1. The summed E-state index contributed by atoms with van der Waals surface area (Å²) in [6.07, 6.45) is 10.8. The van der Waals surface area contributed by atoms with Gasteiger partial charge in [-0.05, 0) is 49.8 Å². The van der Waals surface area contributed by atoms with Gasteiger partial charge in [0.2, 0.25) is 23.6 Å². The van der Waals surface area contributed by atoms with E-state index in [4.69, 9.17) is 4.74 Å². The lowest BCUT2D eigenvalue weighted by Gasteiger charge is -2.33. The van der Waals surface area contributed by atoms with Crippen LogP contribution in [0.2, 0.25) is 0 Å². The summed E-state index contributed by atoms with van der Waals surface area (Å²) in [6.45, 7) is 2.21. The predicted molar refractivity (Wildman–Crippen MR) is 139 cm³/mol. The first-order valence-electron chi connectivity index (χ1n) is 13.7. The summed E-state index contributed by atoms with van der Waals surface area (Å²) >= 11 is 0. The Morgan fingerprint density at radius 3 is 2.22 bits per heavy atom. The van der Waals surface area contributed by atoms with Gasteiger partial charge in [-0.25, -0.2) is 0 Å². The number of amides is 4. The van der Waals surface area contributed by atoms with Gasteiger partial charge in [-0.1, -0.05) is 50.5 Å². The van der Waals surface area contributed by atoms with E-state index >= 15 is 0 Å². The molecule has 8 nitrogen and oxygen atoms in total. The summed E-state index contributed by atoms with van der Waals surface area (Å²) in [7, 11) is 1.60. The number of rotatable bonds is 10. The third-order valence-electron chi connectivity index (χ3n) is 8.00. The molecule has 0 spiro atoms. The average molecular weight is 510 g/mol. The van der Waals surface area contributed by atoms with Crippen LogP contribution < -0.4 is 10.1 Å². The SMILES string of the molecule is CC[C@H](C(=O)NC1CCCCC1)N(Cc1ccc(OC)cc1)C(=O)CCN1C(=O)[C@H]2CC=CC[C@H]2C1=O. The average Bonchev–Trinajstić information content (AvgIpc) is 3.17. The molecule has 1 N–H and O–H groups in total. The lowest BCUT2D eigenvalue weighted by molar-refractivity contribution is -0.144. The normalized spacial score (nSPS) is 22.5. The second-order valence-electron chi connectivity index (χ2n) is 10.4. The molecule has 0 aromatic heterocycles. The van der Waals surface area contributed by atoms with Crippen LogP contribution in [0.1, 0.15) is 70.3 Å². The van der Waals surface area contributed by atoms with Crippen molar-refractivity contribution >= 4 is 23.6 Å². The maximum atomic E-state index is 13.6. The molecule has 200 valence electrons. The van der Waals surface area contributed by atoms with E-state index in [2.05, 4.69) is 5.32 Å². The third-order valence-corrected chi connectivity index (χ3v) is 8.00. The van der Waals surface area contributed by atoms with E-state index in [1.165, 1.54) is 11.3 Å². The number of imide groups is 1. The number of ether oxygens (including phenoxy) is 1. The minimum atomic E-state index is -0.631. The fourth-order valence-electron chi connectivity index (χ4n) is 5.83. The highest BCUT2D eigenvalue weighted by Crippen LogP contribution is 2.35. The topological polar surface area (TPSA) is 96.0 Å². The predicted octanol–water partition coefficient (Wildman–Crippen LogP) is 3.59. The van der Waals surface area contributed by atoms with Crippen LogP contribution in [0.5, 0.6) is 5.75 Å². The minimum absolute atomic E-state index is 0.00624. The first-order chi connectivity index (χ1) is 17.9. The molecule has 3 aliphatic rings. The standard InChI is InChI=1S/C29H39N3O5/c1-3-25(27(34)30-21-9-5-4-6-10-21)32(19-20-13-15-22(37-2)16-14-20)26(33)17-18-31-28(35)23-11-7-8-12-24(23)29(31)36/h7-8,13-16,21,23-25H,3-6,9-12,17-19H2,1-2H3,(H,30,34)/t23-,24+,25-/m1/s1. The Bertz CT molecular complexity index is 989. The molecule has 2 aliphatic carbocycles. The molecule has 3 atom stereocenters. The third kappa shape index (κ3) is 6.22. The Morgan fingerprint density at radius 2 is 1.65 bits per heavy atom. The van der Waals surface area contributed by atoms with Crippen molar-refractivity contribution in [1.82, 2.24) is 15.1 Å². The molecule has 0 bridgehead atoms.